The highest BCUT2D eigenvalue weighted by atomic mass is 32.2. The molecule has 0 aromatic rings. The Balaban J connectivity index is 3.59. The number of hydrogen-bond donors (Lipinski definition) is 2. The number of amides is 1. The van der Waals surface area contributed by atoms with Gasteiger partial charge in [-0.1, -0.05) is 6.92 Å². The lowest BCUT2D eigenvalue weighted by Crippen LogP contribution is -2.32. The van der Waals surface area contributed by atoms with Crippen LogP contribution in [0, 0.1) is 0 Å². The van der Waals surface area contributed by atoms with Crippen LogP contribution in [-0.2, 0) is 14.6 Å². The third-order valence-corrected chi connectivity index (χ3v) is 3.86. The lowest BCUT2D eigenvalue weighted by atomic mass is 10.2. The molecule has 0 rings (SSSR count). The fourth-order valence-corrected chi connectivity index (χ4v) is 2.03. The molecule has 0 aliphatic heterocycles. The number of rotatable bonds is 8. The van der Waals surface area contributed by atoms with Crippen LogP contribution < -0.4 is 11.1 Å². The van der Waals surface area contributed by atoms with Gasteiger partial charge in [0.25, 0.3) is 0 Å². The average molecular weight is 236 g/mol. The summed E-state index contributed by atoms with van der Waals surface area (Å²) in [6.45, 7) is 4.07. The second-order valence-corrected chi connectivity index (χ2v) is 6.09. The first kappa shape index (κ1) is 14.4. The molecule has 6 heteroatoms. The van der Waals surface area contributed by atoms with Gasteiger partial charge in [-0.2, -0.15) is 0 Å². The number of primary amides is 1. The van der Waals surface area contributed by atoms with E-state index in [-0.39, 0.29) is 29.9 Å². The highest BCUT2D eigenvalue weighted by molar-refractivity contribution is 7.91. The van der Waals surface area contributed by atoms with Crippen molar-refractivity contribution < 1.29 is 13.2 Å². The van der Waals surface area contributed by atoms with Crippen LogP contribution in [0.5, 0.6) is 0 Å². The van der Waals surface area contributed by atoms with Gasteiger partial charge in [-0.15, -0.1) is 0 Å². The number of nitrogens with two attached hydrogens (primary N) is 1. The first-order valence-corrected chi connectivity index (χ1v) is 6.91. The molecule has 1 unspecified atom stereocenters. The topological polar surface area (TPSA) is 89.3 Å². The van der Waals surface area contributed by atoms with Crippen LogP contribution in [0.15, 0.2) is 0 Å². The Morgan fingerprint density at radius 3 is 2.53 bits per heavy atom. The van der Waals surface area contributed by atoms with Crippen molar-refractivity contribution in [2.75, 3.05) is 18.1 Å². The van der Waals surface area contributed by atoms with Crippen LogP contribution >= 0.6 is 0 Å². The Morgan fingerprint density at radius 2 is 2.07 bits per heavy atom. The molecule has 0 spiro atoms. The zero-order chi connectivity index (χ0) is 11.9. The molecular weight excluding hydrogens is 216 g/mol. The standard InChI is InChI=1S/C9H20N2O3S/c1-3-15(13,14)6-4-5-11-8(2)7-9(10)12/h8,11H,3-7H2,1-2H3,(H2,10,12). The summed E-state index contributed by atoms with van der Waals surface area (Å²) in [6.07, 6.45) is 0.847. The van der Waals surface area contributed by atoms with Crippen molar-refractivity contribution >= 4 is 15.7 Å². The molecule has 0 aromatic carbocycles. The van der Waals surface area contributed by atoms with E-state index in [1.807, 2.05) is 6.92 Å². The van der Waals surface area contributed by atoms with E-state index < -0.39 is 9.84 Å². The second kappa shape index (κ2) is 6.79. The smallest absolute Gasteiger partial charge is 0.218 e. The van der Waals surface area contributed by atoms with E-state index >= 15 is 0 Å². The zero-order valence-electron chi connectivity index (χ0n) is 9.32. The maximum atomic E-state index is 11.1. The van der Waals surface area contributed by atoms with Gasteiger partial charge in [0.2, 0.25) is 5.91 Å². The predicted octanol–water partition coefficient (Wildman–Crippen LogP) is -0.335. The molecular formula is C9H20N2O3S. The van der Waals surface area contributed by atoms with Crippen molar-refractivity contribution in [2.24, 2.45) is 5.73 Å². The van der Waals surface area contributed by atoms with E-state index in [9.17, 15) is 13.2 Å². The Bertz CT molecular complexity index is 288. The Kier molecular flexibility index (Phi) is 6.51. The highest BCUT2D eigenvalue weighted by Crippen LogP contribution is 1.94. The van der Waals surface area contributed by atoms with Crippen LogP contribution in [0.25, 0.3) is 0 Å². The Hall–Kier alpha value is -0.620. The van der Waals surface area contributed by atoms with E-state index in [4.69, 9.17) is 5.73 Å². The summed E-state index contributed by atoms with van der Waals surface area (Å²) in [5.74, 6) is 0.0278. The fourth-order valence-electron chi connectivity index (χ4n) is 1.16. The minimum atomic E-state index is -2.87. The van der Waals surface area contributed by atoms with Gasteiger partial charge in [0, 0.05) is 18.2 Å². The molecule has 0 bridgehead atoms. The quantitative estimate of drug-likeness (QED) is 0.564. The third kappa shape index (κ3) is 8.38. The Labute approximate surface area is 91.3 Å². The molecule has 1 amide bonds. The van der Waals surface area contributed by atoms with Gasteiger partial charge in [-0.3, -0.25) is 4.79 Å². The predicted molar refractivity (Wildman–Crippen MR) is 60.2 cm³/mol. The van der Waals surface area contributed by atoms with Crippen LogP contribution in [0.2, 0.25) is 0 Å². The monoisotopic (exact) mass is 236 g/mol. The average Bonchev–Trinajstić information content (AvgIpc) is 2.11. The summed E-state index contributed by atoms with van der Waals surface area (Å²) in [5.41, 5.74) is 5.01. The summed E-state index contributed by atoms with van der Waals surface area (Å²) in [5, 5.41) is 3.05. The van der Waals surface area contributed by atoms with Crippen molar-refractivity contribution in [1.29, 1.82) is 0 Å². The molecule has 15 heavy (non-hydrogen) atoms. The zero-order valence-corrected chi connectivity index (χ0v) is 10.1. The first-order chi connectivity index (χ1) is 6.87. The third-order valence-electron chi connectivity index (χ3n) is 2.07. The second-order valence-electron chi connectivity index (χ2n) is 3.62. The molecule has 0 aliphatic carbocycles. The van der Waals surface area contributed by atoms with E-state index in [1.54, 1.807) is 6.92 Å². The number of nitrogens with one attached hydrogen (secondary N) is 1. The normalized spacial score (nSPS) is 13.7. The summed E-state index contributed by atoms with van der Waals surface area (Å²) in [6, 6.07) is 0.00632. The summed E-state index contributed by atoms with van der Waals surface area (Å²) in [7, 11) is -2.87. The SMILES string of the molecule is CCS(=O)(=O)CCCNC(C)CC(N)=O. The number of carbonyl (C=O) groups excluding carboxylic acids is 1. The molecule has 1 atom stereocenters. The van der Waals surface area contributed by atoms with Crippen molar-refractivity contribution in [3.05, 3.63) is 0 Å². The molecule has 0 fully saturated rings. The van der Waals surface area contributed by atoms with Gasteiger partial charge >= 0.3 is 0 Å². The molecule has 0 aromatic heterocycles. The van der Waals surface area contributed by atoms with Gasteiger partial charge in [0.15, 0.2) is 0 Å². The lowest BCUT2D eigenvalue weighted by Gasteiger charge is -2.11. The van der Waals surface area contributed by atoms with Crippen LogP contribution in [-0.4, -0.2) is 38.4 Å². The molecule has 5 nitrogen and oxygen atoms in total. The summed E-state index contributed by atoms with van der Waals surface area (Å²) >= 11 is 0. The van der Waals surface area contributed by atoms with Gasteiger partial charge in [0.1, 0.15) is 9.84 Å². The molecule has 0 heterocycles. The van der Waals surface area contributed by atoms with E-state index in [1.165, 1.54) is 0 Å². The van der Waals surface area contributed by atoms with Crippen LogP contribution in [0.4, 0.5) is 0 Å². The summed E-state index contributed by atoms with van der Waals surface area (Å²) in [4.78, 5) is 10.5. The Morgan fingerprint density at radius 1 is 1.47 bits per heavy atom. The van der Waals surface area contributed by atoms with Crippen molar-refractivity contribution in [3.63, 3.8) is 0 Å². The first-order valence-electron chi connectivity index (χ1n) is 5.09. The van der Waals surface area contributed by atoms with Crippen LogP contribution in [0.3, 0.4) is 0 Å². The number of carbonyl (C=O) groups is 1. The van der Waals surface area contributed by atoms with Crippen molar-refractivity contribution in [3.8, 4) is 0 Å². The minimum absolute atomic E-state index is 0.00632. The molecule has 0 saturated heterocycles. The van der Waals surface area contributed by atoms with Gasteiger partial charge in [0.05, 0.1) is 5.75 Å². The molecule has 3 N–H and O–H groups in total. The highest BCUT2D eigenvalue weighted by Gasteiger charge is 2.08. The maximum Gasteiger partial charge on any atom is 0.218 e. The lowest BCUT2D eigenvalue weighted by molar-refractivity contribution is -0.118. The van der Waals surface area contributed by atoms with Gasteiger partial charge < -0.3 is 11.1 Å². The number of hydrogen-bond acceptors (Lipinski definition) is 4. The van der Waals surface area contributed by atoms with E-state index in [0.29, 0.717) is 13.0 Å². The van der Waals surface area contributed by atoms with E-state index in [0.717, 1.165) is 0 Å². The largest absolute Gasteiger partial charge is 0.370 e. The van der Waals surface area contributed by atoms with Gasteiger partial charge in [-0.25, -0.2) is 8.42 Å². The van der Waals surface area contributed by atoms with E-state index in [2.05, 4.69) is 5.32 Å². The summed E-state index contributed by atoms with van der Waals surface area (Å²) < 4.78 is 22.2. The molecule has 90 valence electrons. The molecule has 0 radical (unpaired) electrons. The maximum absolute atomic E-state index is 11.1. The van der Waals surface area contributed by atoms with Gasteiger partial charge in [-0.05, 0) is 19.9 Å². The van der Waals surface area contributed by atoms with Crippen molar-refractivity contribution in [2.45, 2.75) is 32.7 Å². The van der Waals surface area contributed by atoms with Crippen molar-refractivity contribution in [1.82, 2.24) is 5.32 Å². The molecule has 0 saturated carbocycles. The minimum Gasteiger partial charge on any atom is -0.370 e. The van der Waals surface area contributed by atoms with Crippen LogP contribution in [0.1, 0.15) is 26.7 Å². The number of sulfone groups is 1. The fraction of sp³-hybridized carbons (Fsp3) is 0.889. The molecule has 0 aliphatic rings.